The third-order valence-corrected chi connectivity index (χ3v) is 5.81. The fraction of sp³-hybridized carbons (Fsp3) is 0.389. The molecule has 26 heavy (non-hydrogen) atoms. The number of imide groups is 1. The number of carbonyl (C=O) groups excluding carboxylic acids is 2. The van der Waals surface area contributed by atoms with Crippen molar-refractivity contribution in [1.29, 1.82) is 0 Å². The van der Waals surface area contributed by atoms with Gasteiger partial charge in [-0.3, -0.25) is 4.79 Å². The van der Waals surface area contributed by atoms with E-state index in [9.17, 15) is 14.0 Å². The number of carbonyl (C=O) groups is 2. The maximum Gasteiger partial charge on any atom is 0.445 e. The van der Waals surface area contributed by atoms with Crippen molar-refractivity contribution in [2.45, 2.75) is 18.6 Å². The molecule has 0 saturated heterocycles. The Morgan fingerprint density at radius 1 is 1.27 bits per heavy atom. The van der Waals surface area contributed by atoms with E-state index in [0.717, 1.165) is 17.7 Å². The van der Waals surface area contributed by atoms with Crippen LogP contribution >= 0.6 is 11.8 Å². The van der Waals surface area contributed by atoms with Crippen LogP contribution in [-0.4, -0.2) is 52.2 Å². The van der Waals surface area contributed by atoms with Gasteiger partial charge in [0.05, 0.1) is 14.1 Å². The summed E-state index contributed by atoms with van der Waals surface area (Å²) in [6.45, 7) is 0. The molecule has 1 atom stereocenters. The first-order valence-corrected chi connectivity index (χ1v) is 9.41. The second-order valence-electron chi connectivity index (χ2n) is 6.60. The first-order chi connectivity index (χ1) is 12.5. The number of hydrogen-bond acceptors (Lipinski definition) is 5. The lowest BCUT2D eigenvalue weighted by molar-refractivity contribution is -0.407. The first-order valence-electron chi connectivity index (χ1n) is 8.43. The molecule has 2 aliphatic heterocycles. The summed E-state index contributed by atoms with van der Waals surface area (Å²) < 4.78 is 15.3. The van der Waals surface area contributed by atoms with Crippen molar-refractivity contribution < 1.29 is 18.6 Å². The average molecular weight is 373 g/mol. The standard InChI is InChI=1S/C18H18FN4O2S/c1-22-15-13(17(24)23(2)18(22)25)16(21-14(20-15)10-7-8-10)26-9-11-5-3-4-6-12(11)19/h3-6,10,13H,7-9H2,1-2H3/q+1. The molecule has 0 spiro atoms. The predicted octanol–water partition coefficient (Wildman–Crippen LogP) is 2.53. The Balaban J connectivity index is 1.70. The van der Waals surface area contributed by atoms with Crippen LogP contribution in [0.15, 0.2) is 34.3 Å². The highest BCUT2D eigenvalue weighted by molar-refractivity contribution is 8.13. The normalized spacial score (nSPS) is 23.0. The summed E-state index contributed by atoms with van der Waals surface area (Å²) in [4.78, 5) is 35.2. The Labute approximate surface area is 154 Å². The van der Waals surface area contributed by atoms with Crippen LogP contribution in [0, 0.1) is 17.7 Å². The van der Waals surface area contributed by atoms with Gasteiger partial charge in [0.15, 0.2) is 5.92 Å². The van der Waals surface area contributed by atoms with Crippen LogP contribution in [0.1, 0.15) is 18.4 Å². The van der Waals surface area contributed by atoms with E-state index in [0.29, 0.717) is 28.0 Å². The molecule has 1 aliphatic carbocycles. The van der Waals surface area contributed by atoms with Gasteiger partial charge >= 0.3 is 11.9 Å². The lowest BCUT2D eigenvalue weighted by atomic mass is 10.0. The van der Waals surface area contributed by atoms with Crippen molar-refractivity contribution in [2.24, 2.45) is 21.8 Å². The van der Waals surface area contributed by atoms with Gasteiger partial charge in [0.2, 0.25) is 5.84 Å². The SMILES string of the molecule is CN1C(=O)C2C(SCc3ccccc3F)=NC(C3CC3)=NC2=[N+](C)C1=O. The van der Waals surface area contributed by atoms with Crippen molar-refractivity contribution in [2.75, 3.05) is 14.1 Å². The van der Waals surface area contributed by atoms with E-state index in [2.05, 4.69) is 9.98 Å². The van der Waals surface area contributed by atoms with Crippen molar-refractivity contribution in [3.63, 3.8) is 0 Å². The van der Waals surface area contributed by atoms with Crippen molar-refractivity contribution in [1.82, 2.24) is 4.90 Å². The molecular weight excluding hydrogens is 355 g/mol. The first kappa shape index (κ1) is 17.1. The van der Waals surface area contributed by atoms with Crippen LogP contribution in [0.2, 0.25) is 0 Å². The van der Waals surface area contributed by atoms with Crippen LogP contribution in [0.3, 0.4) is 0 Å². The molecule has 8 heteroatoms. The Morgan fingerprint density at radius 3 is 2.69 bits per heavy atom. The lowest BCUT2D eigenvalue weighted by Crippen LogP contribution is -2.54. The molecule has 3 amide bonds. The number of urea groups is 1. The Bertz CT molecular complexity index is 904. The average Bonchev–Trinajstić information content (AvgIpc) is 3.48. The summed E-state index contributed by atoms with van der Waals surface area (Å²) in [6, 6.07) is 6.16. The molecule has 6 nitrogen and oxygen atoms in total. The van der Waals surface area contributed by atoms with Gasteiger partial charge in [-0.05, 0) is 24.5 Å². The maximum absolute atomic E-state index is 13.9. The molecule has 4 rings (SSSR count). The molecule has 0 aromatic heterocycles. The van der Waals surface area contributed by atoms with Crippen LogP contribution in [0.4, 0.5) is 9.18 Å². The van der Waals surface area contributed by atoms with Gasteiger partial charge in [0.25, 0.3) is 5.84 Å². The van der Waals surface area contributed by atoms with Crippen LogP contribution in [0.25, 0.3) is 0 Å². The maximum atomic E-state index is 13.9. The van der Waals surface area contributed by atoms with Crippen LogP contribution in [-0.2, 0) is 10.5 Å². The molecule has 1 aromatic rings. The molecule has 0 bridgehead atoms. The molecular formula is C18H18FN4O2S+. The van der Waals surface area contributed by atoms with Gasteiger partial charge in [0, 0.05) is 11.7 Å². The zero-order chi connectivity index (χ0) is 18.4. The number of benzene rings is 1. The number of hydrogen-bond donors (Lipinski definition) is 0. The monoisotopic (exact) mass is 373 g/mol. The number of thioether (sulfide) groups is 1. The molecule has 3 aliphatic rings. The minimum atomic E-state index is -0.707. The van der Waals surface area contributed by atoms with Gasteiger partial charge in [-0.1, -0.05) is 23.2 Å². The number of amides is 3. The number of amidine groups is 2. The van der Waals surface area contributed by atoms with Gasteiger partial charge < -0.3 is 0 Å². The summed E-state index contributed by atoms with van der Waals surface area (Å²) in [7, 11) is 3.07. The van der Waals surface area contributed by atoms with E-state index in [-0.39, 0.29) is 17.6 Å². The molecule has 1 saturated carbocycles. The minimum absolute atomic E-state index is 0.281. The second kappa shape index (κ2) is 6.42. The van der Waals surface area contributed by atoms with E-state index >= 15 is 0 Å². The van der Waals surface area contributed by atoms with Crippen LogP contribution < -0.4 is 0 Å². The molecule has 2 heterocycles. The van der Waals surface area contributed by atoms with Crippen molar-refractivity contribution in [3.8, 4) is 0 Å². The number of rotatable bonds is 3. The van der Waals surface area contributed by atoms with Gasteiger partial charge in [-0.15, -0.1) is 11.8 Å². The summed E-state index contributed by atoms with van der Waals surface area (Å²) in [5.74, 6) is 0.405. The molecule has 1 fully saturated rings. The van der Waals surface area contributed by atoms with Gasteiger partial charge in [-0.2, -0.15) is 9.48 Å². The molecule has 0 radical (unpaired) electrons. The number of fused-ring (bicyclic) bond motifs is 1. The fourth-order valence-electron chi connectivity index (χ4n) is 3.00. The van der Waals surface area contributed by atoms with Gasteiger partial charge in [0.1, 0.15) is 10.9 Å². The van der Waals surface area contributed by atoms with Gasteiger partial charge in [-0.25, -0.2) is 14.2 Å². The van der Waals surface area contributed by atoms with E-state index in [4.69, 9.17) is 0 Å². The fourth-order valence-corrected chi connectivity index (χ4v) is 4.07. The highest BCUT2D eigenvalue weighted by atomic mass is 32.2. The van der Waals surface area contributed by atoms with E-state index in [1.165, 1.54) is 29.5 Å². The Kier molecular flexibility index (Phi) is 4.22. The lowest BCUT2D eigenvalue weighted by Gasteiger charge is -2.26. The quantitative estimate of drug-likeness (QED) is 0.765. The predicted molar refractivity (Wildman–Crippen MR) is 98.1 cm³/mol. The number of halogens is 1. The minimum Gasteiger partial charge on any atom is -0.255 e. The summed E-state index contributed by atoms with van der Waals surface area (Å²) in [5.41, 5.74) is 0.554. The van der Waals surface area contributed by atoms with E-state index < -0.39 is 11.9 Å². The zero-order valence-corrected chi connectivity index (χ0v) is 15.3. The molecule has 1 aromatic carbocycles. The smallest absolute Gasteiger partial charge is 0.255 e. The van der Waals surface area contributed by atoms with Crippen LogP contribution in [0.5, 0.6) is 0 Å². The molecule has 134 valence electrons. The molecule has 1 unspecified atom stereocenters. The van der Waals surface area contributed by atoms with Crippen molar-refractivity contribution >= 4 is 40.4 Å². The molecule has 0 N–H and O–H groups in total. The van der Waals surface area contributed by atoms with E-state index in [1.807, 2.05) is 0 Å². The van der Waals surface area contributed by atoms with Crippen molar-refractivity contribution in [3.05, 3.63) is 35.6 Å². The zero-order valence-electron chi connectivity index (χ0n) is 14.5. The third kappa shape index (κ3) is 2.88. The Morgan fingerprint density at radius 2 is 2.00 bits per heavy atom. The summed E-state index contributed by atoms with van der Waals surface area (Å²) in [5, 5.41) is 0.580. The highest BCUT2D eigenvalue weighted by Gasteiger charge is 2.50. The third-order valence-electron chi connectivity index (χ3n) is 4.73. The summed E-state index contributed by atoms with van der Waals surface area (Å²) >= 11 is 1.33. The highest BCUT2D eigenvalue weighted by Crippen LogP contribution is 2.35. The second-order valence-corrected chi connectivity index (χ2v) is 7.60. The number of aliphatic imine (C=N–C) groups is 2. The number of nitrogens with zero attached hydrogens (tertiary/aromatic N) is 4. The largest absolute Gasteiger partial charge is 0.445 e. The summed E-state index contributed by atoms with van der Waals surface area (Å²) in [6.07, 6.45) is 2.02. The Hall–Kier alpha value is -2.35. The topological polar surface area (TPSA) is 65.1 Å². The van der Waals surface area contributed by atoms with E-state index in [1.54, 1.807) is 25.2 Å².